The zero-order valence-corrected chi connectivity index (χ0v) is 7.79. The maximum Gasteiger partial charge on any atom is 0.143 e. The molecule has 2 rings (SSSR count). The maximum atomic E-state index is 5.50. The molecule has 1 atom stereocenters. The van der Waals surface area contributed by atoms with Gasteiger partial charge in [0, 0.05) is 19.7 Å². The topological polar surface area (TPSA) is 42.8 Å². The summed E-state index contributed by atoms with van der Waals surface area (Å²) in [4.78, 5) is 5.20. The van der Waals surface area contributed by atoms with Crippen LogP contribution in [0.5, 0.6) is 0 Å². The van der Waals surface area contributed by atoms with Gasteiger partial charge in [-0.1, -0.05) is 5.16 Å². The molecule has 2 heterocycles. The molecule has 0 aliphatic carbocycles. The molecule has 74 valence electrons. The third-order valence-electron chi connectivity index (χ3n) is 2.39. The summed E-state index contributed by atoms with van der Waals surface area (Å²) in [6.07, 6.45) is 3.83. The van der Waals surface area contributed by atoms with Gasteiger partial charge in [0.1, 0.15) is 6.61 Å². The Hall–Kier alpha value is -0.610. The summed E-state index contributed by atoms with van der Waals surface area (Å²) >= 11 is 0. The Morgan fingerprint density at radius 2 is 2.38 bits per heavy atom. The number of nitrogens with zero attached hydrogens (tertiary/aromatic N) is 1. The molecule has 0 unspecified atom stereocenters. The van der Waals surface area contributed by atoms with Crippen molar-refractivity contribution in [1.82, 2.24) is 5.32 Å². The molecule has 0 spiro atoms. The highest BCUT2D eigenvalue weighted by molar-refractivity contribution is 5.92. The quantitative estimate of drug-likeness (QED) is 0.651. The number of hydrogen-bond acceptors (Lipinski definition) is 4. The van der Waals surface area contributed by atoms with Gasteiger partial charge in [0.15, 0.2) is 0 Å². The van der Waals surface area contributed by atoms with Crippen LogP contribution in [0, 0.1) is 0 Å². The van der Waals surface area contributed by atoms with Crippen molar-refractivity contribution in [2.45, 2.75) is 25.4 Å². The summed E-state index contributed by atoms with van der Waals surface area (Å²) in [6.45, 7) is 3.26. The lowest BCUT2D eigenvalue weighted by Crippen LogP contribution is -2.42. The van der Waals surface area contributed by atoms with Crippen LogP contribution < -0.4 is 5.32 Å². The summed E-state index contributed by atoms with van der Waals surface area (Å²) in [5.41, 5.74) is 1.11. The molecule has 0 radical (unpaired) electrons. The van der Waals surface area contributed by atoms with Crippen molar-refractivity contribution in [1.29, 1.82) is 0 Å². The van der Waals surface area contributed by atoms with Gasteiger partial charge in [-0.3, -0.25) is 0 Å². The summed E-state index contributed by atoms with van der Waals surface area (Å²) < 4.78 is 5.50. The fraction of sp³-hybridized carbons (Fsp3) is 0.889. The first-order valence-corrected chi connectivity index (χ1v) is 4.95. The Balaban J connectivity index is 1.60. The van der Waals surface area contributed by atoms with Crippen LogP contribution in [0.3, 0.4) is 0 Å². The van der Waals surface area contributed by atoms with Crippen LogP contribution in [0.4, 0.5) is 0 Å². The third-order valence-corrected chi connectivity index (χ3v) is 2.39. The highest BCUT2D eigenvalue weighted by Gasteiger charge is 2.15. The van der Waals surface area contributed by atoms with Crippen molar-refractivity contribution in [2.24, 2.45) is 5.16 Å². The van der Waals surface area contributed by atoms with E-state index in [0.717, 1.165) is 31.8 Å². The zero-order chi connectivity index (χ0) is 8.93. The maximum absolute atomic E-state index is 5.50. The number of rotatable bonds is 3. The van der Waals surface area contributed by atoms with Crippen LogP contribution in [0.2, 0.25) is 0 Å². The summed E-state index contributed by atoms with van der Waals surface area (Å²) in [6, 6.07) is 0. The molecule has 0 saturated carbocycles. The minimum Gasteiger partial charge on any atom is -0.393 e. The molecule has 2 fully saturated rings. The van der Waals surface area contributed by atoms with Crippen molar-refractivity contribution in [3.8, 4) is 0 Å². The van der Waals surface area contributed by atoms with Gasteiger partial charge in [0.2, 0.25) is 0 Å². The van der Waals surface area contributed by atoms with Crippen molar-refractivity contribution in [3.63, 3.8) is 0 Å². The molecule has 0 amide bonds. The first-order valence-electron chi connectivity index (χ1n) is 4.95. The monoisotopic (exact) mass is 184 g/mol. The highest BCUT2D eigenvalue weighted by Crippen LogP contribution is 2.12. The molecule has 0 aromatic rings. The Kier molecular flexibility index (Phi) is 3.16. The van der Waals surface area contributed by atoms with E-state index in [-0.39, 0.29) is 6.10 Å². The molecular formula is C9H16N2O2. The number of ether oxygens (including phenoxy) is 1. The number of nitrogens with one attached hydrogen (secondary N) is 1. The van der Waals surface area contributed by atoms with Crippen molar-refractivity contribution < 1.29 is 9.57 Å². The second-order valence-corrected chi connectivity index (χ2v) is 3.55. The van der Waals surface area contributed by atoms with Gasteiger partial charge >= 0.3 is 0 Å². The predicted octanol–water partition coefficient (Wildman–Crippen LogP) is 0.531. The first kappa shape index (κ1) is 8.97. The molecule has 0 aromatic carbocycles. The van der Waals surface area contributed by atoms with Crippen LogP contribution in [-0.2, 0) is 9.57 Å². The van der Waals surface area contributed by atoms with Crippen LogP contribution in [0.25, 0.3) is 0 Å². The lowest BCUT2D eigenvalue weighted by atomic mass is 10.1. The minimum atomic E-state index is 0.270. The van der Waals surface area contributed by atoms with Crippen molar-refractivity contribution >= 4 is 5.71 Å². The standard InChI is InChI=1S/C9H16N2O2/c1-2-4-12-9(3-1)7-13-11-8-5-10-6-8/h9-10H,1-7H2/t9-/m0/s1. The van der Waals surface area contributed by atoms with Crippen LogP contribution in [-0.4, -0.2) is 38.1 Å². The Labute approximate surface area is 78.3 Å². The molecule has 2 aliphatic rings. The van der Waals surface area contributed by atoms with E-state index in [1.807, 2.05) is 0 Å². The molecular weight excluding hydrogens is 168 g/mol. The molecule has 4 heteroatoms. The summed E-state index contributed by atoms with van der Waals surface area (Å²) in [5, 5.41) is 7.11. The Bertz CT molecular complexity index is 182. The van der Waals surface area contributed by atoms with Gasteiger partial charge in [-0.25, -0.2) is 0 Å². The van der Waals surface area contributed by atoms with E-state index >= 15 is 0 Å². The summed E-state index contributed by atoms with van der Waals surface area (Å²) in [5.74, 6) is 0. The van der Waals surface area contributed by atoms with Crippen molar-refractivity contribution in [3.05, 3.63) is 0 Å². The summed E-state index contributed by atoms with van der Waals surface area (Å²) in [7, 11) is 0. The molecule has 0 bridgehead atoms. The van der Waals surface area contributed by atoms with Gasteiger partial charge in [0.25, 0.3) is 0 Å². The smallest absolute Gasteiger partial charge is 0.143 e. The van der Waals surface area contributed by atoms with E-state index in [0.29, 0.717) is 6.61 Å². The fourth-order valence-electron chi connectivity index (χ4n) is 1.45. The zero-order valence-electron chi connectivity index (χ0n) is 7.79. The van der Waals surface area contributed by atoms with E-state index in [4.69, 9.17) is 9.57 Å². The number of oxime groups is 1. The average molecular weight is 184 g/mol. The molecule has 4 nitrogen and oxygen atoms in total. The van der Waals surface area contributed by atoms with Crippen LogP contribution in [0.1, 0.15) is 19.3 Å². The minimum absolute atomic E-state index is 0.270. The largest absolute Gasteiger partial charge is 0.393 e. The third kappa shape index (κ3) is 2.67. The highest BCUT2D eigenvalue weighted by atomic mass is 16.6. The second kappa shape index (κ2) is 4.58. The van der Waals surface area contributed by atoms with Crippen molar-refractivity contribution in [2.75, 3.05) is 26.3 Å². The second-order valence-electron chi connectivity index (χ2n) is 3.55. The predicted molar refractivity (Wildman–Crippen MR) is 49.8 cm³/mol. The molecule has 2 saturated heterocycles. The van der Waals surface area contributed by atoms with E-state index < -0.39 is 0 Å². The van der Waals surface area contributed by atoms with E-state index in [2.05, 4.69) is 10.5 Å². The molecule has 2 aliphatic heterocycles. The molecule has 13 heavy (non-hydrogen) atoms. The first-order chi connectivity index (χ1) is 6.45. The Morgan fingerprint density at radius 1 is 1.46 bits per heavy atom. The van der Waals surface area contributed by atoms with Crippen LogP contribution >= 0.6 is 0 Å². The number of hydrogen-bond donors (Lipinski definition) is 1. The van der Waals surface area contributed by atoms with E-state index in [9.17, 15) is 0 Å². The van der Waals surface area contributed by atoms with E-state index in [1.165, 1.54) is 12.8 Å². The average Bonchev–Trinajstić information content (AvgIpc) is 2.11. The van der Waals surface area contributed by atoms with Gasteiger partial charge in [-0.2, -0.15) is 0 Å². The molecule has 0 aromatic heterocycles. The SMILES string of the molecule is C1CC[C@@H](CON=C2CNC2)OC1. The van der Waals surface area contributed by atoms with Gasteiger partial charge in [0.05, 0.1) is 11.8 Å². The van der Waals surface area contributed by atoms with Crippen LogP contribution in [0.15, 0.2) is 5.16 Å². The molecule has 1 N–H and O–H groups in total. The lowest BCUT2D eigenvalue weighted by molar-refractivity contribution is -0.0399. The Morgan fingerprint density at radius 3 is 3.00 bits per heavy atom. The normalized spacial score (nSPS) is 28.0. The van der Waals surface area contributed by atoms with E-state index in [1.54, 1.807) is 0 Å². The van der Waals surface area contributed by atoms with Gasteiger partial charge < -0.3 is 14.9 Å². The van der Waals surface area contributed by atoms with Gasteiger partial charge in [-0.15, -0.1) is 0 Å². The lowest BCUT2D eigenvalue weighted by Gasteiger charge is -2.22. The fourth-order valence-corrected chi connectivity index (χ4v) is 1.45. The van der Waals surface area contributed by atoms with Gasteiger partial charge in [-0.05, 0) is 19.3 Å².